The quantitative estimate of drug-likeness (QED) is 0.877. The maximum Gasteiger partial charge on any atom is 0.223 e. The number of benzene rings is 1. The van der Waals surface area contributed by atoms with E-state index in [2.05, 4.69) is 29.1 Å². The number of aliphatic hydroxyl groups excluding tert-OH is 1. The summed E-state index contributed by atoms with van der Waals surface area (Å²) >= 11 is 0. The predicted molar refractivity (Wildman–Crippen MR) is 80.5 cm³/mol. The molecule has 0 saturated heterocycles. The zero-order valence-corrected chi connectivity index (χ0v) is 12.2. The van der Waals surface area contributed by atoms with Crippen LogP contribution in [0.4, 0.5) is 5.95 Å². The first kappa shape index (κ1) is 14.5. The lowest BCUT2D eigenvalue weighted by Gasteiger charge is -2.10. The molecule has 1 aromatic carbocycles. The summed E-state index contributed by atoms with van der Waals surface area (Å²) in [7, 11) is 0. The van der Waals surface area contributed by atoms with E-state index in [0.29, 0.717) is 18.4 Å². The largest absolute Gasteiger partial charge is 0.392 e. The molecule has 4 heteroatoms. The Morgan fingerprint density at radius 2 is 1.75 bits per heavy atom. The number of aromatic nitrogens is 2. The molecule has 0 aliphatic carbocycles. The lowest BCUT2D eigenvalue weighted by molar-refractivity contribution is 0.282. The van der Waals surface area contributed by atoms with Crippen molar-refractivity contribution in [2.45, 2.75) is 39.8 Å². The number of hydrogen-bond donors (Lipinski definition) is 2. The van der Waals surface area contributed by atoms with Crippen LogP contribution in [0.3, 0.4) is 0 Å². The predicted octanol–water partition coefficient (Wildman–Crippen LogP) is 3.01. The number of anilines is 1. The van der Waals surface area contributed by atoms with Gasteiger partial charge in [-0.15, -0.1) is 0 Å². The van der Waals surface area contributed by atoms with Gasteiger partial charge in [-0.25, -0.2) is 9.97 Å². The first-order valence-corrected chi connectivity index (χ1v) is 6.86. The van der Waals surface area contributed by atoms with E-state index in [4.69, 9.17) is 5.11 Å². The van der Waals surface area contributed by atoms with Crippen molar-refractivity contribution in [1.82, 2.24) is 9.97 Å². The maximum absolute atomic E-state index is 9.01. The van der Waals surface area contributed by atoms with E-state index < -0.39 is 0 Å². The third kappa shape index (κ3) is 3.78. The van der Waals surface area contributed by atoms with Crippen molar-refractivity contribution in [2.75, 3.05) is 5.32 Å². The fraction of sp³-hybridized carbons (Fsp3) is 0.375. The molecule has 0 aliphatic rings. The number of nitrogens with one attached hydrogen (secondary N) is 1. The second-order valence-corrected chi connectivity index (χ2v) is 5.24. The number of rotatable bonds is 5. The van der Waals surface area contributed by atoms with E-state index in [-0.39, 0.29) is 6.61 Å². The molecule has 1 heterocycles. The summed E-state index contributed by atoms with van der Waals surface area (Å²) in [6.45, 7) is 6.98. The van der Waals surface area contributed by atoms with Gasteiger partial charge in [-0.05, 0) is 30.0 Å². The van der Waals surface area contributed by atoms with Crippen molar-refractivity contribution in [3.63, 3.8) is 0 Å². The maximum atomic E-state index is 9.01. The smallest absolute Gasteiger partial charge is 0.223 e. The Kier molecular flexibility index (Phi) is 4.69. The molecule has 2 rings (SSSR count). The SMILES string of the molecule is Cc1cc(C(C)C)nc(NCc2ccc(CO)cc2)n1. The Bertz CT molecular complexity index is 564. The molecule has 0 bridgehead atoms. The van der Waals surface area contributed by atoms with E-state index in [0.717, 1.165) is 22.5 Å². The van der Waals surface area contributed by atoms with Gasteiger partial charge in [0.05, 0.1) is 6.61 Å². The summed E-state index contributed by atoms with van der Waals surface area (Å²) in [6, 6.07) is 9.86. The van der Waals surface area contributed by atoms with Crippen molar-refractivity contribution in [1.29, 1.82) is 0 Å². The molecule has 0 aliphatic heterocycles. The molecule has 2 N–H and O–H groups in total. The van der Waals surface area contributed by atoms with Crippen molar-refractivity contribution >= 4 is 5.95 Å². The standard InChI is InChI=1S/C16H21N3O/c1-11(2)15-8-12(3)18-16(19-15)17-9-13-4-6-14(10-20)7-5-13/h4-8,11,20H,9-10H2,1-3H3,(H,17,18,19). The number of aliphatic hydroxyl groups is 1. The van der Waals surface area contributed by atoms with Crippen LogP contribution in [0, 0.1) is 6.92 Å². The van der Waals surface area contributed by atoms with Gasteiger partial charge in [0, 0.05) is 17.9 Å². The van der Waals surface area contributed by atoms with Gasteiger partial charge in [0.1, 0.15) is 0 Å². The Balaban J connectivity index is 2.06. The first-order valence-electron chi connectivity index (χ1n) is 6.86. The van der Waals surface area contributed by atoms with Crippen LogP contribution >= 0.6 is 0 Å². The average molecular weight is 271 g/mol. The summed E-state index contributed by atoms with van der Waals surface area (Å²) in [6.07, 6.45) is 0. The first-order chi connectivity index (χ1) is 9.58. The Morgan fingerprint density at radius 1 is 1.10 bits per heavy atom. The third-order valence-electron chi connectivity index (χ3n) is 3.12. The highest BCUT2D eigenvalue weighted by molar-refractivity contribution is 5.32. The van der Waals surface area contributed by atoms with Crippen LogP contribution < -0.4 is 5.32 Å². The normalized spacial score (nSPS) is 10.8. The van der Waals surface area contributed by atoms with Crippen LogP contribution in [-0.4, -0.2) is 15.1 Å². The van der Waals surface area contributed by atoms with Gasteiger partial charge in [-0.2, -0.15) is 0 Å². The van der Waals surface area contributed by atoms with Gasteiger partial charge < -0.3 is 10.4 Å². The van der Waals surface area contributed by atoms with Gasteiger partial charge >= 0.3 is 0 Å². The lowest BCUT2D eigenvalue weighted by atomic mass is 10.1. The molecule has 0 spiro atoms. The molecular weight excluding hydrogens is 250 g/mol. The van der Waals surface area contributed by atoms with Crippen LogP contribution in [0.15, 0.2) is 30.3 Å². The molecule has 0 unspecified atom stereocenters. The summed E-state index contributed by atoms with van der Waals surface area (Å²) in [5, 5.41) is 12.3. The number of aryl methyl sites for hydroxylation is 1. The number of nitrogens with zero attached hydrogens (tertiary/aromatic N) is 2. The molecular formula is C16H21N3O. The zero-order valence-electron chi connectivity index (χ0n) is 12.2. The summed E-state index contributed by atoms with van der Waals surface area (Å²) in [4.78, 5) is 8.92. The highest BCUT2D eigenvalue weighted by atomic mass is 16.3. The summed E-state index contributed by atoms with van der Waals surface area (Å²) < 4.78 is 0. The van der Waals surface area contributed by atoms with E-state index in [1.54, 1.807) is 0 Å². The second kappa shape index (κ2) is 6.48. The van der Waals surface area contributed by atoms with E-state index in [1.807, 2.05) is 37.3 Å². The van der Waals surface area contributed by atoms with Crippen molar-refractivity contribution in [3.05, 3.63) is 52.8 Å². The van der Waals surface area contributed by atoms with Crippen LogP contribution in [0.1, 0.15) is 42.3 Å². The van der Waals surface area contributed by atoms with Crippen molar-refractivity contribution in [2.24, 2.45) is 0 Å². The Labute approximate surface area is 119 Å². The van der Waals surface area contributed by atoms with Crippen LogP contribution in [0.25, 0.3) is 0 Å². The van der Waals surface area contributed by atoms with Gasteiger partial charge in [-0.3, -0.25) is 0 Å². The van der Waals surface area contributed by atoms with Crippen LogP contribution in [-0.2, 0) is 13.2 Å². The minimum Gasteiger partial charge on any atom is -0.392 e. The van der Waals surface area contributed by atoms with Gasteiger partial charge in [-0.1, -0.05) is 38.1 Å². The van der Waals surface area contributed by atoms with E-state index in [1.165, 1.54) is 0 Å². The summed E-state index contributed by atoms with van der Waals surface area (Å²) in [5.74, 6) is 1.06. The molecule has 0 saturated carbocycles. The van der Waals surface area contributed by atoms with Gasteiger partial charge in [0.2, 0.25) is 5.95 Å². The summed E-state index contributed by atoms with van der Waals surface area (Å²) in [5.41, 5.74) is 4.08. The molecule has 4 nitrogen and oxygen atoms in total. The minimum atomic E-state index is 0.0758. The monoisotopic (exact) mass is 271 g/mol. The van der Waals surface area contributed by atoms with E-state index >= 15 is 0 Å². The number of hydrogen-bond acceptors (Lipinski definition) is 4. The highest BCUT2D eigenvalue weighted by Gasteiger charge is 2.05. The fourth-order valence-corrected chi connectivity index (χ4v) is 1.91. The molecule has 0 amide bonds. The molecule has 20 heavy (non-hydrogen) atoms. The van der Waals surface area contributed by atoms with Gasteiger partial charge in [0.25, 0.3) is 0 Å². The molecule has 0 fully saturated rings. The van der Waals surface area contributed by atoms with Crippen LogP contribution in [0.5, 0.6) is 0 Å². The fourth-order valence-electron chi connectivity index (χ4n) is 1.91. The minimum absolute atomic E-state index is 0.0758. The Morgan fingerprint density at radius 3 is 2.35 bits per heavy atom. The highest BCUT2D eigenvalue weighted by Crippen LogP contribution is 2.15. The average Bonchev–Trinajstić information content (AvgIpc) is 2.45. The molecule has 1 aromatic heterocycles. The zero-order chi connectivity index (χ0) is 14.5. The van der Waals surface area contributed by atoms with Crippen LogP contribution in [0.2, 0.25) is 0 Å². The van der Waals surface area contributed by atoms with Crippen molar-refractivity contribution < 1.29 is 5.11 Å². The Hall–Kier alpha value is -1.94. The third-order valence-corrected chi connectivity index (χ3v) is 3.12. The second-order valence-electron chi connectivity index (χ2n) is 5.24. The van der Waals surface area contributed by atoms with Crippen molar-refractivity contribution in [3.8, 4) is 0 Å². The van der Waals surface area contributed by atoms with E-state index in [9.17, 15) is 0 Å². The molecule has 2 aromatic rings. The van der Waals surface area contributed by atoms with Gasteiger partial charge in [0.15, 0.2) is 0 Å². The lowest BCUT2D eigenvalue weighted by Crippen LogP contribution is -2.07. The molecule has 106 valence electrons. The molecule has 0 radical (unpaired) electrons. The topological polar surface area (TPSA) is 58.0 Å². The molecule has 0 atom stereocenters.